The quantitative estimate of drug-likeness (QED) is 0.738. The molecule has 0 saturated carbocycles. The molecule has 0 fully saturated rings. The molecule has 0 N–H and O–H groups in total. The van der Waals surface area contributed by atoms with E-state index in [0.29, 0.717) is 15.8 Å². The topological polar surface area (TPSA) is 33.0 Å². The van der Waals surface area contributed by atoms with Crippen LogP contribution in [0.1, 0.15) is 5.56 Å². The Balaban J connectivity index is 2.36. The Bertz CT molecular complexity index is 682. The monoisotopic (exact) mass is 315 g/mol. The molecule has 0 bridgehead atoms. The molecule has 0 radical (unpaired) electrons. The third kappa shape index (κ3) is 3.10. The molecule has 0 saturated heterocycles. The smallest absolute Gasteiger partial charge is 0.149 e. The molecule has 0 aromatic heterocycles. The highest BCUT2D eigenvalue weighted by molar-refractivity contribution is 6.42. The lowest BCUT2D eigenvalue weighted by molar-refractivity contribution is 0.477. The summed E-state index contributed by atoms with van der Waals surface area (Å²) in [4.78, 5) is 0. The summed E-state index contributed by atoms with van der Waals surface area (Å²) in [6, 6.07) is 8.53. The molecule has 0 aliphatic rings. The van der Waals surface area contributed by atoms with Gasteiger partial charge in [0.25, 0.3) is 0 Å². The Labute approximate surface area is 123 Å². The molecule has 2 aromatic carbocycles. The molecule has 2 nitrogen and oxygen atoms in total. The van der Waals surface area contributed by atoms with Gasteiger partial charge in [-0.15, -0.1) is 0 Å². The highest BCUT2D eigenvalue weighted by Crippen LogP contribution is 2.34. The van der Waals surface area contributed by atoms with E-state index in [4.69, 9.17) is 44.8 Å². The van der Waals surface area contributed by atoms with E-state index in [1.165, 1.54) is 12.1 Å². The molecule has 2 aromatic rings. The predicted molar refractivity (Wildman–Crippen MR) is 72.7 cm³/mol. The van der Waals surface area contributed by atoms with Gasteiger partial charge in [0.1, 0.15) is 23.4 Å². The number of benzene rings is 2. The minimum Gasteiger partial charge on any atom is -0.456 e. The molecule has 0 unspecified atom stereocenters. The Kier molecular flexibility index (Phi) is 4.16. The van der Waals surface area contributed by atoms with Gasteiger partial charge in [-0.05, 0) is 18.2 Å². The SMILES string of the molecule is N#Cc1cc(Cl)c(Oc2ccc(Cl)c(Cl)c2)cc1F. The van der Waals surface area contributed by atoms with Crippen LogP contribution in [0.15, 0.2) is 30.3 Å². The lowest BCUT2D eigenvalue weighted by atomic mass is 10.2. The Hall–Kier alpha value is -1.47. The van der Waals surface area contributed by atoms with Crippen molar-refractivity contribution < 1.29 is 9.13 Å². The third-order valence-electron chi connectivity index (χ3n) is 2.26. The Morgan fingerprint density at radius 3 is 2.37 bits per heavy atom. The summed E-state index contributed by atoms with van der Waals surface area (Å²) in [7, 11) is 0. The van der Waals surface area contributed by atoms with Gasteiger partial charge >= 0.3 is 0 Å². The minimum absolute atomic E-state index is 0.0940. The number of halogens is 4. The van der Waals surface area contributed by atoms with Crippen LogP contribution in [0.5, 0.6) is 11.5 Å². The first-order valence-corrected chi connectivity index (χ1v) is 6.16. The van der Waals surface area contributed by atoms with Crippen LogP contribution in [-0.2, 0) is 0 Å². The van der Waals surface area contributed by atoms with Gasteiger partial charge in [0.2, 0.25) is 0 Å². The van der Waals surface area contributed by atoms with Crippen molar-refractivity contribution in [3.05, 3.63) is 56.8 Å². The molecule has 6 heteroatoms. The maximum Gasteiger partial charge on any atom is 0.149 e. The van der Waals surface area contributed by atoms with Crippen LogP contribution in [0.4, 0.5) is 4.39 Å². The number of nitriles is 1. The van der Waals surface area contributed by atoms with E-state index in [2.05, 4.69) is 0 Å². The molecule has 0 amide bonds. The van der Waals surface area contributed by atoms with Crippen LogP contribution in [0, 0.1) is 17.1 Å². The van der Waals surface area contributed by atoms with E-state index in [1.54, 1.807) is 18.2 Å². The lowest BCUT2D eigenvalue weighted by Crippen LogP contribution is -1.90. The highest BCUT2D eigenvalue weighted by atomic mass is 35.5. The zero-order chi connectivity index (χ0) is 14.0. The molecule has 0 aliphatic carbocycles. The fourth-order valence-electron chi connectivity index (χ4n) is 1.36. The van der Waals surface area contributed by atoms with Gasteiger partial charge < -0.3 is 4.74 Å². The summed E-state index contributed by atoms with van der Waals surface area (Å²) in [6.07, 6.45) is 0. The van der Waals surface area contributed by atoms with Gasteiger partial charge in [0, 0.05) is 12.1 Å². The summed E-state index contributed by atoms with van der Waals surface area (Å²) < 4.78 is 18.9. The Morgan fingerprint density at radius 2 is 1.74 bits per heavy atom. The molecule has 0 aliphatic heterocycles. The number of nitrogens with zero attached hydrogens (tertiary/aromatic N) is 1. The summed E-state index contributed by atoms with van der Waals surface area (Å²) in [6.45, 7) is 0. The van der Waals surface area contributed by atoms with Crippen molar-refractivity contribution in [3.8, 4) is 17.6 Å². The van der Waals surface area contributed by atoms with Crippen LogP contribution >= 0.6 is 34.8 Å². The van der Waals surface area contributed by atoms with Crippen molar-refractivity contribution in [2.75, 3.05) is 0 Å². The van der Waals surface area contributed by atoms with Crippen molar-refractivity contribution in [2.45, 2.75) is 0 Å². The van der Waals surface area contributed by atoms with Crippen molar-refractivity contribution in [1.29, 1.82) is 5.26 Å². The first-order valence-electron chi connectivity index (χ1n) is 5.03. The van der Waals surface area contributed by atoms with E-state index in [9.17, 15) is 4.39 Å². The average Bonchev–Trinajstić information content (AvgIpc) is 2.38. The fraction of sp³-hybridized carbons (Fsp3) is 0. The predicted octanol–water partition coefficient (Wildman–Crippen LogP) is 5.45. The first-order chi connectivity index (χ1) is 9.01. The number of hydrogen-bond donors (Lipinski definition) is 0. The van der Waals surface area contributed by atoms with E-state index >= 15 is 0 Å². The number of ether oxygens (including phenoxy) is 1. The molecule has 96 valence electrons. The van der Waals surface area contributed by atoms with E-state index in [1.807, 2.05) is 0 Å². The van der Waals surface area contributed by atoms with Gasteiger partial charge in [0.05, 0.1) is 20.6 Å². The van der Waals surface area contributed by atoms with E-state index in [-0.39, 0.29) is 16.3 Å². The largest absolute Gasteiger partial charge is 0.456 e. The maximum atomic E-state index is 13.5. The molecule has 0 spiro atoms. The molecule has 2 rings (SSSR count). The maximum absolute atomic E-state index is 13.5. The third-order valence-corrected chi connectivity index (χ3v) is 3.30. The molecule has 0 atom stereocenters. The summed E-state index contributed by atoms with van der Waals surface area (Å²) in [5.74, 6) is -0.251. The summed E-state index contributed by atoms with van der Waals surface area (Å²) in [5.41, 5.74) is -0.147. The molecule has 19 heavy (non-hydrogen) atoms. The van der Waals surface area contributed by atoms with Crippen LogP contribution in [0.25, 0.3) is 0 Å². The lowest BCUT2D eigenvalue weighted by Gasteiger charge is -2.09. The van der Waals surface area contributed by atoms with Crippen molar-refractivity contribution in [3.63, 3.8) is 0 Å². The fourth-order valence-corrected chi connectivity index (χ4v) is 1.85. The standard InChI is InChI=1S/C13H5Cl3FNO/c14-9-2-1-8(4-10(9)15)19-13-5-12(17)7(6-18)3-11(13)16/h1-5H. The molecule has 0 heterocycles. The Morgan fingerprint density at radius 1 is 1.00 bits per heavy atom. The summed E-state index contributed by atoms with van der Waals surface area (Å²) >= 11 is 17.5. The highest BCUT2D eigenvalue weighted by Gasteiger charge is 2.11. The normalized spacial score (nSPS) is 10.1. The van der Waals surface area contributed by atoms with Crippen molar-refractivity contribution >= 4 is 34.8 Å². The van der Waals surface area contributed by atoms with Gasteiger partial charge in [0.15, 0.2) is 0 Å². The second-order valence-corrected chi connectivity index (χ2v) is 4.77. The average molecular weight is 317 g/mol. The first kappa shape index (κ1) is 14.0. The molecular weight excluding hydrogens is 312 g/mol. The van der Waals surface area contributed by atoms with Crippen molar-refractivity contribution in [2.24, 2.45) is 0 Å². The van der Waals surface area contributed by atoms with Crippen molar-refractivity contribution in [1.82, 2.24) is 0 Å². The zero-order valence-corrected chi connectivity index (χ0v) is 11.5. The number of rotatable bonds is 2. The van der Waals surface area contributed by atoms with Gasteiger partial charge in [-0.3, -0.25) is 0 Å². The van der Waals surface area contributed by atoms with Gasteiger partial charge in [-0.25, -0.2) is 4.39 Å². The van der Waals surface area contributed by atoms with Crippen LogP contribution in [0.2, 0.25) is 15.1 Å². The minimum atomic E-state index is -0.707. The van der Waals surface area contributed by atoms with Gasteiger partial charge in [-0.1, -0.05) is 34.8 Å². The van der Waals surface area contributed by atoms with Crippen LogP contribution in [-0.4, -0.2) is 0 Å². The van der Waals surface area contributed by atoms with Crippen LogP contribution < -0.4 is 4.74 Å². The zero-order valence-electron chi connectivity index (χ0n) is 9.25. The summed E-state index contributed by atoms with van der Waals surface area (Å²) in [5, 5.41) is 9.49. The van der Waals surface area contributed by atoms with Gasteiger partial charge in [-0.2, -0.15) is 5.26 Å². The van der Waals surface area contributed by atoms with E-state index < -0.39 is 5.82 Å². The molecular formula is C13H5Cl3FNO. The number of hydrogen-bond acceptors (Lipinski definition) is 2. The van der Waals surface area contributed by atoms with Crippen LogP contribution in [0.3, 0.4) is 0 Å². The second-order valence-electron chi connectivity index (χ2n) is 3.55. The second kappa shape index (κ2) is 5.66. The van der Waals surface area contributed by atoms with E-state index in [0.717, 1.165) is 6.07 Å².